The highest BCUT2D eigenvalue weighted by molar-refractivity contribution is 5.94. The summed E-state index contributed by atoms with van der Waals surface area (Å²) in [7, 11) is 1.64. The fraction of sp³-hybridized carbons (Fsp3) is 0.360. The fourth-order valence-electron chi connectivity index (χ4n) is 4.09. The molecule has 6 nitrogen and oxygen atoms in total. The Morgan fingerprint density at radius 3 is 2.52 bits per heavy atom. The Labute approximate surface area is 183 Å². The lowest BCUT2D eigenvalue weighted by molar-refractivity contribution is -0.0588. The highest BCUT2D eigenvalue weighted by Gasteiger charge is 2.29. The number of carbonyl (C=O) groups excluding carboxylic acids is 1. The summed E-state index contributed by atoms with van der Waals surface area (Å²) in [5.74, 6) is 0.715. The van der Waals surface area contributed by atoms with E-state index in [4.69, 9.17) is 14.6 Å². The standard InChI is InChI=1S/C25H29N3O3/c1-16-9-10-17(2)23(11-16)28-24(25(29)27-14-18(3)31-19(4)15-27)13-22(26-28)20-7-6-8-21(12-20)30-5/h6-13,18-19H,14-15H2,1-5H3. The number of aromatic nitrogens is 2. The molecule has 2 heterocycles. The van der Waals surface area contributed by atoms with Crippen LogP contribution in [-0.2, 0) is 4.74 Å². The molecule has 1 fully saturated rings. The first-order valence-electron chi connectivity index (χ1n) is 10.6. The average molecular weight is 420 g/mol. The fourth-order valence-corrected chi connectivity index (χ4v) is 4.09. The lowest BCUT2D eigenvalue weighted by Crippen LogP contribution is -2.48. The van der Waals surface area contributed by atoms with Gasteiger partial charge in [-0.1, -0.05) is 24.3 Å². The Balaban J connectivity index is 1.83. The maximum Gasteiger partial charge on any atom is 0.272 e. The van der Waals surface area contributed by atoms with Gasteiger partial charge in [0.2, 0.25) is 0 Å². The van der Waals surface area contributed by atoms with Gasteiger partial charge in [-0.2, -0.15) is 5.10 Å². The van der Waals surface area contributed by atoms with Crippen LogP contribution in [0.25, 0.3) is 16.9 Å². The lowest BCUT2D eigenvalue weighted by Gasteiger charge is -2.35. The molecule has 3 aromatic rings. The normalized spacial score (nSPS) is 18.8. The smallest absolute Gasteiger partial charge is 0.272 e. The molecule has 6 heteroatoms. The van der Waals surface area contributed by atoms with E-state index in [1.165, 1.54) is 0 Å². The topological polar surface area (TPSA) is 56.6 Å². The second-order valence-electron chi connectivity index (χ2n) is 8.32. The van der Waals surface area contributed by atoms with E-state index >= 15 is 0 Å². The van der Waals surface area contributed by atoms with Crippen LogP contribution in [0.4, 0.5) is 0 Å². The minimum absolute atomic E-state index is 0.00244. The molecule has 0 spiro atoms. The van der Waals surface area contributed by atoms with Crippen molar-refractivity contribution in [2.45, 2.75) is 39.9 Å². The van der Waals surface area contributed by atoms with Gasteiger partial charge < -0.3 is 14.4 Å². The van der Waals surface area contributed by atoms with Gasteiger partial charge in [0, 0.05) is 18.7 Å². The number of rotatable bonds is 4. The van der Waals surface area contributed by atoms with Gasteiger partial charge in [-0.15, -0.1) is 0 Å². The van der Waals surface area contributed by atoms with E-state index in [0.29, 0.717) is 18.8 Å². The van der Waals surface area contributed by atoms with Gasteiger partial charge in [-0.3, -0.25) is 4.79 Å². The second-order valence-corrected chi connectivity index (χ2v) is 8.32. The molecule has 2 unspecified atom stereocenters. The van der Waals surface area contributed by atoms with Crippen LogP contribution in [0.5, 0.6) is 5.75 Å². The first-order chi connectivity index (χ1) is 14.9. The van der Waals surface area contributed by atoms with E-state index in [-0.39, 0.29) is 18.1 Å². The number of carbonyl (C=O) groups is 1. The van der Waals surface area contributed by atoms with Crippen LogP contribution >= 0.6 is 0 Å². The van der Waals surface area contributed by atoms with Crippen LogP contribution in [-0.4, -0.2) is 53.0 Å². The molecule has 162 valence electrons. The molecule has 2 aromatic carbocycles. The summed E-state index contributed by atoms with van der Waals surface area (Å²) in [5.41, 5.74) is 5.27. The van der Waals surface area contributed by atoms with E-state index in [1.807, 2.05) is 62.9 Å². The van der Waals surface area contributed by atoms with Crippen LogP contribution in [0.15, 0.2) is 48.5 Å². The number of benzene rings is 2. The second kappa shape index (κ2) is 8.55. The summed E-state index contributed by atoms with van der Waals surface area (Å²) in [6.07, 6.45) is 0.00487. The molecule has 1 aromatic heterocycles. The monoisotopic (exact) mass is 419 g/mol. The molecule has 1 aliphatic rings. The molecular weight excluding hydrogens is 390 g/mol. The zero-order valence-corrected chi connectivity index (χ0v) is 18.8. The van der Waals surface area contributed by atoms with Gasteiger partial charge in [0.1, 0.15) is 11.4 Å². The number of ether oxygens (including phenoxy) is 2. The Kier molecular flexibility index (Phi) is 5.83. The third-order valence-corrected chi connectivity index (χ3v) is 5.59. The van der Waals surface area contributed by atoms with Gasteiger partial charge in [0.25, 0.3) is 5.91 Å². The van der Waals surface area contributed by atoms with Crippen molar-refractivity contribution in [3.8, 4) is 22.7 Å². The summed E-state index contributed by atoms with van der Waals surface area (Å²) in [5, 5.41) is 4.86. The van der Waals surface area contributed by atoms with Crippen molar-refractivity contribution >= 4 is 5.91 Å². The summed E-state index contributed by atoms with van der Waals surface area (Å²) in [6, 6.07) is 15.8. The molecule has 0 saturated carbocycles. The molecule has 0 bridgehead atoms. The van der Waals surface area contributed by atoms with Gasteiger partial charge in [0.05, 0.1) is 30.7 Å². The molecule has 1 saturated heterocycles. The highest BCUT2D eigenvalue weighted by atomic mass is 16.5. The molecule has 1 aliphatic heterocycles. The van der Waals surface area contributed by atoms with Gasteiger partial charge in [-0.05, 0) is 63.1 Å². The van der Waals surface area contributed by atoms with Crippen molar-refractivity contribution in [1.29, 1.82) is 0 Å². The van der Waals surface area contributed by atoms with Crippen LogP contribution < -0.4 is 4.74 Å². The van der Waals surface area contributed by atoms with Gasteiger partial charge in [0.15, 0.2) is 0 Å². The maximum absolute atomic E-state index is 13.6. The SMILES string of the molecule is COc1cccc(-c2cc(C(=O)N3CC(C)OC(C)C3)n(-c3cc(C)ccc3C)n2)c1. The molecular formula is C25H29N3O3. The molecule has 1 amide bonds. The first-order valence-corrected chi connectivity index (χ1v) is 10.6. The van der Waals surface area contributed by atoms with Crippen molar-refractivity contribution in [1.82, 2.24) is 14.7 Å². The van der Waals surface area contributed by atoms with E-state index < -0.39 is 0 Å². The molecule has 31 heavy (non-hydrogen) atoms. The lowest BCUT2D eigenvalue weighted by atomic mass is 10.1. The molecule has 0 N–H and O–H groups in total. The van der Waals surface area contributed by atoms with Crippen molar-refractivity contribution < 1.29 is 14.3 Å². The number of hydrogen-bond donors (Lipinski definition) is 0. The van der Waals surface area contributed by atoms with Crippen molar-refractivity contribution in [3.63, 3.8) is 0 Å². The Hall–Kier alpha value is -3.12. The largest absolute Gasteiger partial charge is 0.497 e. The predicted molar refractivity (Wildman–Crippen MR) is 121 cm³/mol. The zero-order valence-electron chi connectivity index (χ0n) is 18.8. The molecule has 0 aliphatic carbocycles. The Bertz CT molecular complexity index is 1100. The number of methoxy groups -OCH3 is 1. The zero-order chi connectivity index (χ0) is 22.1. The quantitative estimate of drug-likeness (QED) is 0.628. The summed E-state index contributed by atoms with van der Waals surface area (Å²) in [4.78, 5) is 15.5. The number of morpholine rings is 1. The first kappa shape index (κ1) is 21.1. The van der Waals surface area contributed by atoms with Crippen LogP contribution in [0.3, 0.4) is 0 Å². The van der Waals surface area contributed by atoms with Crippen molar-refractivity contribution in [3.05, 3.63) is 65.4 Å². The van der Waals surface area contributed by atoms with Crippen molar-refractivity contribution in [2.75, 3.05) is 20.2 Å². The highest BCUT2D eigenvalue weighted by Crippen LogP contribution is 2.27. The van der Waals surface area contributed by atoms with Crippen LogP contribution in [0.1, 0.15) is 35.5 Å². The number of hydrogen-bond acceptors (Lipinski definition) is 4. The minimum atomic E-state index is -0.0375. The predicted octanol–water partition coefficient (Wildman–Crippen LogP) is 4.41. The van der Waals surface area contributed by atoms with Crippen LogP contribution in [0, 0.1) is 13.8 Å². The molecule has 0 radical (unpaired) electrons. The van der Waals surface area contributed by atoms with E-state index in [2.05, 4.69) is 18.2 Å². The van der Waals surface area contributed by atoms with Crippen molar-refractivity contribution in [2.24, 2.45) is 0 Å². The Morgan fingerprint density at radius 1 is 1.06 bits per heavy atom. The van der Waals surface area contributed by atoms with E-state index in [0.717, 1.165) is 33.8 Å². The summed E-state index contributed by atoms with van der Waals surface area (Å²) < 4.78 is 13.0. The molecule has 2 atom stereocenters. The van der Waals surface area contributed by atoms with Gasteiger partial charge in [-0.25, -0.2) is 4.68 Å². The average Bonchev–Trinajstić information content (AvgIpc) is 3.19. The van der Waals surface area contributed by atoms with E-state index in [9.17, 15) is 4.79 Å². The van der Waals surface area contributed by atoms with Gasteiger partial charge >= 0.3 is 0 Å². The third-order valence-electron chi connectivity index (χ3n) is 5.59. The summed E-state index contributed by atoms with van der Waals surface area (Å²) >= 11 is 0. The Morgan fingerprint density at radius 2 is 1.81 bits per heavy atom. The van der Waals surface area contributed by atoms with Crippen LogP contribution in [0.2, 0.25) is 0 Å². The maximum atomic E-state index is 13.6. The number of aryl methyl sites for hydroxylation is 2. The number of amides is 1. The minimum Gasteiger partial charge on any atom is -0.497 e. The van der Waals surface area contributed by atoms with E-state index in [1.54, 1.807) is 11.8 Å². The number of nitrogens with zero attached hydrogens (tertiary/aromatic N) is 3. The third kappa shape index (κ3) is 4.35. The molecule has 4 rings (SSSR count). The summed E-state index contributed by atoms with van der Waals surface area (Å²) in [6.45, 7) is 9.21.